The summed E-state index contributed by atoms with van der Waals surface area (Å²) in [6.07, 6.45) is 0.958. The predicted octanol–water partition coefficient (Wildman–Crippen LogP) is 4.67. The maximum absolute atomic E-state index is 15.1. The van der Waals surface area contributed by atoms with Crippen LogP contribution in [0.25, 0.3) is 11.1 Å². The van der Waals surface area contributed by atoms with Crippen LogP contribution in [0, 0.1) is 5.82 Å². The summed E-state index contributed by atoms with van der Waals surface area (Å²) in [6, 6.07) is 8.96. The Bertz CT molecular complexity index is 1020. The minimum atomic E-state index is -0.552. The molecule has 0 N–H and O–H groups in total. The molecule has 33 heavy (non-hydrogen) atoms. The van der Waals surface area contributed by atoms with Crippen LogP contribution in [-0.2, 0) is 22.3 Å². The molecule has 2 aromatic rings. The lowest BCUT2D eigenvalue weighted by Gasteiger charge is -2.35. The first kappa shape index (κ1) is 23.4. The zero-order chi connectivity index (χ0) is 23.6. The van der Waals surface area contributed by atoms with E-state index in [0.29, 0.717) is 57.8 Å². The van der Waals surface area contributed by atoms with Gasteiger partial charge in [0.25, 0.3) is 0 Å². The Kier molecular flexibility index (Phi) is 6.79. The highest BCUT2D eigenvalue weighted by molar-refractivity contribution is 5.88. The van der Waals surface area contributed by atoms with Gasteiger partial charge in [0.15, 0.2) is 0 Å². The molecule has 0 fully saturated rings. The second-order valence-electron chi connectivity index (χ2n) is 9.51. The number of methoxy groups -OCH3 is 1. The van der Waals surface area contributed by atoms with Crippen molar-refractivity contribution in [3.63, 3.8) is 0 Å². The number of hydrogen-bond acceptors (Lipinski definition) is 5. The molecule has 0 bridgehead atoms. The third-order valence-electron chi connectivity index (χ3n) is 6.04. The number of carbonyl (C=O) groups is 1. The Labute approximate surface area is 195 Å². The topological polar surface area (TPSA) is 51.2 Å². The quantitative estimate of drug-likeness (QED) is 0.669. The Morgan fingerprint density at radius 3 is 2.64 bits per heavy atom. The third kappa shape index (κ3) is 5.08. The van der Waals surface area contributed by atoms with Gasteiger partial charge in [-0.2, -0.15) is 0 Å². The number of hydrogen-bond donors (Lipinski definition) is 0. The van der Waals surface area contributed by atoms with E-state index in [4.69, 9.17) is 14.2 Å². The smallest absolute Gasteiger partial charge is 0.410 e. The van der Waals surface area contributed by atoms with Gasteiger partial charge in [-0.15, -0.1) is 0 Å². The van der Waals surface area contributed by atoms with Crippen molar-refractivity contribution < 1.29 is 23.4 Å². The van der Waals surface area contributed by atoms with Crippen molar-refractivity contribution in [1.82, 2.24) is 4.90 Å². The first-order valence-electron chi connectivity index (χ1n) is 11.6. The molecule has 2 aliphatic rings. The van der Waals surface area contributed by atoms with Crippen molar-refractivity contribution in [1.29, 1.82) is 0 Å². The van der Waals surface area contributed by atoms with E-state index < -0.39 is 5.60 Å². The fraction of sp³-hybridized carbons (Fsp3) is 0.500. The summed E-state index contributed by atoms with van der Waals surface area (Å²) < 4.78 is 32.1. The van der Waals surface area contributed by atoms with E-state index in [1.54, 1.807) is 18.1 Å². The third-order valence-corrected chi connectivity index (χ3v) is 6.04. The van der Waals surface area contributed by atoms with Crippen LogP contribution < -0.4 is 9.64 Å². The summed E-state index contributed by atoms with van der Waals surface area (Å²) in [5, 5.41) is 0. The van der Waals surface area contributed by atoms with Crippen LogP contribution in [0.1, 0.15) is 31.9 Å². The second kappa shape index (κ2) is 9.59. The van der Waals surface area contributed by atoms with Gasteiger partial charge in [-0.3, -0.25) is 0 Å². The number of amides is 1. The van der Waals surface area contributed by atoms with Crippen molar-refractivity contribution >= 4 is 11.8 Å². The maximum Gasteiger partial charge on any atom is 0.410 e. The molecule has 0 saturated carbocycles. The van der Waals surface area contributed by atoms with E-state index >= 15 is 4.39 Å². The number of nitrogens with zero attached hydrogens (tertiary/aromatic N) is 2. The summed E-state index contributed by atoms with van der Waals surface area (Å²) in [5.41, 5.74) is 3.94. The van der Waals surface area contributed by atoms with Crippen molar-refractivity contribution in [2.45, 2.75) is 39.2 Å². The number of fused-ring (bicyclic) bond motifs is 2. The summed E-state index contributed by atoms with van der Waals surface area (Å²) >= 11 is 0. The molecule has 1 amide bonds. The monoisotopic (exact) mass is 456 g/mol. The Morgan fingerprint density at radius 1 is 1.15 bits per heavy atom. The molecular weight excluding hydrogens is 423 g/mol. The molecule has 0 spiro atoms. The van der Waals surface area contributed by atoms with Crippen LogP contribution >= 0.6 is 0 Å². The van der Waals surface area contributed by atoms with Crippen LogP contribution in [0.4, 0.5) is 14.9 Å². The number of ether oxygens (including phenoxy) is 3. The lowest BCUT2D eigenvalue weighted by molar-refractivity contribution is 0.0258. The van der Waals surface area contributed by atoms with Crippen molar-refractivity contribution in [3.05, 3.63) is 47.3 Å². The van der Waals surface area contributed by atoms with Gasteiger partial charge in [0.05, 0.1) is 18.8 Å². The van der Waals surface area contributed by atoms with Gasteiger partial charge in [-0.05, 0) is 56.9 Å². The highest BCUT2D eigenvalue weighted by Gasteiger charge is 2.31. The summed E-state index contributed by atoms with van der Waals surface area (Å²) in [4.78, 5) is 16.7. The molecule has 0 atom stereocenters. The summed E-state index contributed by atoms with van der Waals surface area (Å²) in [6.45, 7) is 9.20. The Morgan fingerprint density at radius 2 is 1.91 bits per heavy atom. The molecule has 2 aromatic carbocycles. The van der Waals surface area contributed by atoms with Gasteiger partial charge in [0.1, 0.15) is 23.8 Å². The molecule has 0 saturated heterocycles. The lowest BCUT2D eigenvalue weighted by atomic mass is 9.89. The molecule has 178 valence electrons. The molecule has 0 aliphatic carbocycles. The molecule has 0 radical (unpaired) electrons. The van der Waals surface area contributed by atoms with Crippen LogP contribution in [0.15, 0.2) is 30.3 Å². The molecule has 0 aromatic heterocycles. The van der Waals surface area contributed by atoms with E-state index in [1.165, 1.54) is 6.07 Å². The number of carbonyl (C=O) groups excluding carboxylic acids is 1. The SMILES string of the molecule is COCCN1CCOc2cc3c(c(-c4ccccc4F)c21)CCN(C(=O)OC(C)(C)C)CC3. The van der Waals surface area contributed by atoms with Gasteiger partial charge in [-0.25, -0.2) is 9.18 Å². The van der Waals surface area contributed by atoms with E-state index in [-0.39, 0.29) is 11.9 Å². The predicted molar refractivity (Wildman–Crippen MR) is 127 cm³/mol. The summed E-state index contributed by atoms with van der Waals surface area (Å²) in [5.74, 6) is 0.499. The number of anilines is 1. The van der Waals surface area contributed by atoms with E-state index in [0.717, 1.165) is 28.1 Å². The maximum atomic E-state index is 15.1. The van der Waals surface area contributed by atoms with Gasteiger partial charge in [0.2, 0.25) is 0 Å². The standard InChI is InChI=1S/C26H33FN2O4/c1-26(2,3)33-25(30)29-11-9-18-17-22-24(28(13-15-31-4)14-16-32-22)23(19(18)10-12-29)20-7-5-6-8-21(20)27/h5-8,17H,9-16H2,1-4H3. The molecule has 2 aliphatic heterocycles. The minimum absolute atomic E-state index is 0.265. The molecule has 4 rings (SSSR count). The average molecular weight is 457 g/mol. The number of benzene rings is 2. The van der Waals surface area contributed by atoms with Crippen LogP contribution in [-0.4, -0.2) is 63.1 Å². The van der Waals surface area contributed by atoms with Gasteiger partial charge < -0.3 is 24.0 Å². The first-order chi connectivity index (χ1) is 15.8. The van der Waals surface area contributed by atoms with Gasteiger partial charge in [-0.1, -0.05) is 18.2 Å². The number of halogens is 1. The van der Waals surface area contributed by atoms with Crippen LogP contribution in [0.5, 0.6) is 5.75 Å². The number of rotatable bonds is 4. The molecule has 6 nitrogen and oxygen atoms in total. The minimum Gasteiger partial charge on any atom is -0.490 e. The van der Waals surface area contributed by atoms with E-state index in [2.05, 4.69) is 11.0 Å². The van der Waals surface area contributed by atoms with Crippen molar-refractivity contribution in [2.24, 2.45) is 0 Å². The van der Waals surface area contributed by atoms with Gasteiger partial charge in [0, 0.05) is 37.9 Å². The van der Waals surface area contributed by atoms with E-state index in [9.17, 15) is 4.79 Å². The zero-order valence-corrected chi connectivity index (χ0v) is 19.9. The lowest BCUT2D eigenvalue weighted by Crippen LogP contribution is -2.38. The first-order valence-corrected chi connectivity index (χ1v) is 11.6. The fourth-order valence-corrected chi connectivity index (χ4v) is 4.55. The second-order valence-corrected chi connectivity index (χ2v) is 9.51. The Balaban J connectivity index is 1.79. The van der Waals surface area contributed by atoms with E-state index in [1.807, 2.05) is 32.9 Å². The summed E-state index contributed by atoms with van der Waals surface area (Å²) in [7, 11) is 1.68. The normalized spacial score (nSPS) is 15.9. The highest BCUT2D eigenvalue weighted by Crippen LogP contribution is 2.46. The Hall–Kier alpha value is -2.80. The average Bonchev–Trinajstić information content (AvgIpc) is 2.98. The van der Waals surface area contributed by atoms with Crippen molar-refractivity contribution in [3.8, 4) is 16.9 Å². The van der Waals surface area contributed by atoms with Gasteiger partial charge >= 0.3 is 6.09 Å². The fourth-order valence-electron chi connectivity index (χ4n) is 4.55. The molecular formula is C26H33FN2O4. The zero-order valence-electron chi connectivity index (χ0n) is 19.9. The van der Waals surface area contributed by atoms with Crippen LogP contribution in [0.3, 0.4) is 0 Å². The molecule has 2 heterocycles. The van der Waals surface area contributed by atoms with Crippen molar-refractivity contribution in [2.75, 3.05) is 51.4 Å². The molecule has 0 unspecified atom stereocenters. The largest absolute Gasteiger partial charge is 0.490 e. The van der Waals surface area contributed by atoms with Crippen LogP contribution in [0.2, 0.25) is 0 Å². The highest BCUT2D eigenvalue weighted by atomic mass is 19.1. The molecule has 7 heteroatoms.